The average Bonchev–Trinajstić information content (AvgIpc) is 3.24. The van der Waals surface area contributed by atoms with Gasteiger partial charge in [0, 0.05) is 29.7 Å². The molecule has 1 N–H and O–H groups in total. The van der Waals surface area contributed by atoms with Crippen molar-refractivity contribution in [1.29, 1.82) is 0 Å². The second-order valence-electron chi connectivity index (χ2n) is 9.17. The molecule has 0 bridgehead atoms. The van der Waals surface area contributed by atoms with Gasteiger partial charge < -0.3 is 19.2 Å². The molecule has 0 amide bonds. The predicted molar refractivity (Wildman–Crippen MR) is 130 cm³/mol. The van der Waals surface area contributed by atoms with Gasteiger partial charge in [0.1, 0.15) is 12.2 Å². The highest BCUT2D eigenvalue weighted by Crippen LogP contribution is 2.35. The average molecular weight is 484 g/mol. The number of esters is 3. The van der Waals surface area contributed by atoms with Crippen molar-refractivity contribution in [1.82, 2.24) is 4.98 Å². The molecular formula is C27H35N2O6+. The fraction of sp³-hybridized carbons (Fsp3) is 0.556. The standard InChI is InChI=1S/C27H34N2O6/c1-4-34-25(30)19(26(31)35-5-2)13-8-10-17-11-9-15-29-22(27(32)33-3)16-20-18-12-6-7-14-21(18)28-23(20)24(17)29/h6-7,12,14,17,19,22H,4-5,8-11,13,15-16H2,1-3H3/p+1/t17-,22+/m0/s1. The second kappa shape index (κ2) is 11.1. The van der Waals surface area contributed by atoms with Crippen LogP contribution >= 0.6 is 0 Å². The van der Waals surface area contributed by atoms with Gasteiger partial charge in [0.2, 0.25) is 5.71 Å². The van der Waals surface area contributed by atoms with E-state index < -0.39 is 17.9 Å². The van der Waals surface area contributed by atoms with Crippen LogP contribution in [-0.2, 0) is 35.0 Å². The van der Waals surface area contributed by atoms with Gasteiger partial charge in [-0.15, -0.1) is 0 Å². The number of benzene rings is 1. The van der Waals surface area contributed by atoms with Crippen LogP contribution in [0, 0.1) is 11.8 Å². The zero-order valence-corrected chi connectivity index (χ0v) is 20.8. The Hall–Kier alpha value is -3.16. The second-order valence-corrected chi connectivity index (χ2v) is 9.17. The molecule has 0 fully saturated rings. The molecule has 0 saturated carbocycles. The summed E-state index contributed by atoms with van der Waals surface area (Å²) in [6.07, 6.45) is 4.40. The van der Waals surface area contributed by atoms with Crippen molar-refractivity contribution in [3.8, 4) is 0 Å². The molecule has 0 aliphatic carbocycles. The van der Waals surface area contributed by atoms with E-state index in [0.717, 1.165) is 53.7 Å². The number of nitrogens with one attached hydrogen (secondary N) is 1. The lowest BCUT2D eigenvalue weighted by Gasteiger charge is -2.30. The van der Waals surface area contributed by atoms with Crippen LogP contribution in [0.3, 0.4) is 0 Å². The van der Waals surface area contributed by atoms with E-state index in [4.69, 9.17) is 14.2 Å². The Labute approximate surface area is 205 Å². The zero-order chi connectivity index (χ0) is 24.9. The Kier molecular flexibility index (Phi) is 7.88. The van der Waals surface area contributed by atoms with Crippen LogP contribution in [0.2, 0.25) is 0 Å². The Morgan fingerprint density at radius 2 is 1.83 bits per heavy atom. The first-order valence-electron chi connectivity index (χ1n) is 12.6. The summed E-state index contributed by atoms with van der Waals surface area (Å²) in [7, 11) is 1.44. The number of carbonyl (C=O) groups is 3. The molecular weight excluding hydrogens is 448 g/mol. The molecule has 0 saturated heterocycles. The van der Waals surface area contributed by atoms with E-state index in [2.05, 4.69) is 21.7 Å². The van der Waals surface area contributed by atoms with E-state index >= 15 is 0 Å². The predicted octanol–water partition coefficient (Wildman–Crippen LogP) is 3.39. The first kappa shape index (κ1) is 24.9. The quantitative estimate of drug-likeness (QED) is 0.254. The van der Waals surface area contributed by atoms with E-state index in [1.807, 2.05) is 12.1 Å². The summed E-state index contributed by atoms with van der Waals surface area (Å²) in [5.74, 6) is -1.97. The highest BCUT2D eigenvalue weighted by Gasteiger charge is 2.45. The highest BCUT2D eigenvalue weighted by molar-refractivity contribution is 6.05. The number of rotatable bonds is 9. The molecule has 0 spiro atoms. The van der Waals surface area contributed by atoms with Gasteiger partial charge in [0.25, 0.3) is 6.04 Å². The molecule has 2 aliphatic rings. The van der Waals surface area contributed by atoms with E-state index in [-0.39, 0.29) is 31.1 Å². The van der Waals surface area contributed by atoms with Crippen molar-refractivity contribution in [2.24, 2.45) is 11.8 Å². The molecule has 4 rings (SSSR count). The molecule has 1 aromatic carbocycles. The van der Waals surface area contributed by atoms with E-state index in [1.54, 1.807) is 13.8 Å². The lowest BCUT2D eigenvalue weighted by Crippen LogP contribution is -2.48. The van der Waals surface area contributed by atoms with E-state index in [9.17, 15) is 14.4 Å². The first-order valence-corrected chi connectivity index (χ1v) is 12.6. The molecule has 2 aromatic rings. The third-order valence-electron chi connectivity index (χ3n) is 7.15. The fourth-order valence-corrected chi connectivity index (χ4v) is 5.62. The Morgan fingerprint density at radius 3 is 2.51 bits per heavy atom. The molecule has 3 heterocycles. The normalized spacial score (nSPS) is 19.3. The number of hydrogen-bond acceptors (Lipinski definition) is 6. The lowest BCUT2D eigenvalue weighted by molar-refractivity contribution is -0.562. The van der Waals surface area contributed by atoms with Crippen LogP contribution in [0.5, 0.6) is 0 Å². The van der Waals surface area contributed by atoms with E-state index in [1.165, 1.54) is 7.11 Å². The van der Waals surface area contributed by atoms with Crippen molar-refractivity contribution in [2.75, 3.05) is 26.9 Å². The lowest BCUT2D eigenvalue weighted by atomic mass is 9.81. The van der Waals surface area contributed by atoms with Gasteiger partial charge in [-0.25, -0.2) is 9.37 Å². The molecule has 2 aliphatic heterocycles. The van der Waals surface area contributed by atoms with Gasteiger partial charge in [-0.1, -0.05) is 24.6 Å². The number of fused-ring (bicyclic) bond motifs is 4. The van der Waals surface area contributed by atoms with Gasteiger partial charge in [-0.2, -0.15) is 0 Å². The molecule has 0 radical (unpaired) electrons. The minimum absolute atomic E-state index is 0.202. The number of aromatic nitrogens is 1. The Balaban J connectivity index is 1.61. The largest absolute Gasteiger partial charge is 0.465 e. The number of hydrogen-bond donors (Lipinski definition) is 1. The van der Waals surface area contributed by atoms with Gasteiger partial charge >= 0.3 is 17.9 Å². The number of methoxy groups -OCH3 is 1. The van der Waals surface area contributed by atoms with Gasteiger partial charge in [0.05, 0.1) is 20.3 Å². The zero-order valence-electron chi connectivity index (χ0n) is 20.8. The van der Waals surface area contributed by atoms with Crippen molar-refractivity contribution in [3.63, 3.8) is 0 Å². The molecule has 8 nitrogen and oxygen atoms in total. The van der Waals surface area contributed by atoms with Gasteiger partial charge in [-0.05, 0) is 44.7 Å². The molecule has 8 heteroatoms. The molecule has 35 heavy (non-hydrogen) atoms. The minimum atomic E-state index is -0.905. The number of nitrogens with zero attached hydrogens (tertiary/aromatic N) is 1. The summed E-state index contributed by atoms with van der Waals surface area (Å²) in [6.45, 7) is 4.71. The number of para-hydroxylation sites is 1. The van der Waals surface area contributed by atoms with Crippen molar-refractivity contribution in [3.05, 3.63) is 35.5 Å². The van der Waals surface area contributed by atoms with Crippen LogP contribution in [0.15, 0.2) is 24.3 Å². The fourth-order valence-electron chi connectivity index (χ4n) is 5.62. The molecule has 188 valence electrons. The summed E-state index contributed by atoms with van der Waals surface area (Å²) in [5, 5.41) is 1.14. The van der Waals surface area contributed by atoms with Crippen molar-refractivity contribution < 1.29 is 33.2 Å². The van der Waals surface area contributed by atoms with Crippen LogP contribution in [0.1, 0.15) is 57.2 Å². The summed E-state index contributed by atoms with van der Waals surface area (Å²) in [5.41, 5.74) is 4.46. The Morgan fingerprint density at radius 1 is 1.11 bits per heavy atom. The van der Waals surface area contributed by atoms with Gasteiger partial charge in [-0.3, -0.25) is 9.59 Å². The third-order valence-corrected chi connectivity index (χ3v) is 7.15. The Bertz CT molecular complexity index is 1120. The SMILES string of the molecule is CCOC(=O)C(CCC[C@H]1CCC[N+]2=C1c1[nH]c3ccccc3c1C[C@@H]2C(=O)OC)C(=O)OCC. The smallest absolute Gasteiger partial charge is 0.375 e. The number of ether oxygens (including phenoxy) is 3. The highest BCUT2D eigenvalue weighted by atomic mass is 16.6. The first-order chi connectivity index (χ1) is 17.0. The molecule has 2 atom stereocenters. The van der Waals surface area contributed by atoms with Crippen LogP contribution in [0.25, 0.3) is 10.9 Å². The van der Waals surface area contributed by atoms with Crippen LogP contribution in [0.4, 0.5) is 0 Å². The van der Waals surface area contributed by atoms with Gasteiger partial charge in [0.15, 0.2) is 5.92 Å². The molecule has 1 aromatic heterocycles. The van der Waals surface area contributed by atoms with Crippen molar-refractivity contribution >= 4 is 34.5 Å². The topological polar surface area (TPSA) is 97.7 Å². The third kappa shape index (κ3) is 4.97. The van der Waals surface area contributed by atoms with Crippen LogP contribution in [-0.4, -0.2) is 66.1 Å². The van der Waals surface area contributed by atoms with E-state index in [0.29, 0.717) is 19.3 Å². The minimum Gasteiger partial charge on any atom is -0.465 e. The number of aromatic amines is 1. The monoisotopic (exact) mass is 483 g/mol. The summed E-state index contributed by atoms with van der Waals surface area (Å²) >= 11 is 0. The summed E-state index contributed by atoms with van der Waals surface area (Å²) in [6, 6.07) is 7.83. The number of H-pyrrole nitrogens is 1. The maximum Gasteiger partial charge on any atom is 0.375 e. The summed E-state index contributed by atoms with van der Waals surface area (Å²) < 4.78 is 17.6. The van der Waals surface area contributed by atoms with Crippen molar-refractivity contribution in [2.45, 2.75) is 58.4 Å². The van der Waals surface area contributed by atoms with Crippen LogP contribution < -0.4 is 0 Å². The molecule has 0 unspecified atom stereocenters. The maximum absolute atomic E-state index is 12.8. The summed E-state index contributed by atoms with van der Waals surface area (Å²) in [4.78, 5) is 41.2. The number of carbonyl (C=O) groups excluding carboxylic acids is 3. The maximum atomic E-state index is 12.8.